The number of rotatable bonds is 5. The SMILES string of the molecule is CCOC(=O)N1CCC(NC(=O)Nc2cc(Cl)c(OC)cc2OC)CC1. The van der Waals surface area contributed by atoms with E-state index < -0.39 is 0 Å². The van der Waals surface area contributed by atoms with Crippen molar-refractivity contribution < 1.29 is 23.8 Å². The number of carbonyl (C=O) groups is 2. The molecule has 1 saturated heterocycles. The van der Waals surface area contributed by atoms with Crippen LogP contribution in [0.3, 0.4) is 0 Å². The second-order valence-corrected chi connectivity index (χ2v) is 6.15. The lowest BCUT2D eigenvalue weighted by atomic mass is 10.1. The summed E-state index contributed by atoms with van der Waals surface area (Å²) in [6.07, 6.45) is 1.01. The quantitative estimate of drug-likeness (QED) is 0.812. The van der Waals surface area contributed by atoms with Gasteiger partial charge in [-0.3, -0.25) is 0 Å². The molecule has 1 fully saturated rings. The van der Waals surface area contributed by atoms with Gasteiger partial charge >= 0.3 is 12.1 Å². The molecule has 1 heterocycles. The van der Waals surface area contributed by atoms with Gasteiger partial charge in [0.1, 0.15) is 11.5 Å². The fourth-order valence-electron chi connectivity index (χ4n) is 2.72. The summed E-state index contributed by atoms with van der Waals surface area (Å²) < 4.78 is 15.4. The number of halogens is 1. The number of amides is 3. The molecule has 0 bridgehead atoms. The minimum atomic E-state index is -0.362. The first-order chi connectivity index (χ1) is 12.5. The Morgan fingerprint density at radius 1 is 1.19 bits per heavy atom. The smallest absolute Gasteiger partial charge is 0.409 e. The van der Waals surface area contributed by atoms with Crippen LogP contribution in [0.25, 0.3) is 0 Å². The zero-order chi connectivity index (χ0) is 19.1. The van der Waals surface area contributed by atoms with Gasteiger partial charge < -0.3 is 29.7 Å². The first-order valence-electron chi connectivity index (χ1n) is 8.39. The van der Waals surface area contributed by atoms with Crippen LogP contribution in [-0.2, 0) is 4.74 Å². The summed E-state index contributed by atoms with van der Waals surface area (Å²) in [5.41, 5.74) is 0.444. The summed E-state index contributed by atoms with van der Waals surface area (Å²) in [5, 5.41) is 6.00. The van der Waals surface area contributed by atoms with Crippen LogP contribution in [-0.4, -0.2) is 57.0 Å². The van der Waals surface area contributed by atoms with Crippen LogP contribution < -0.4 is 20.1 Å². The maximum absolute atomic E-state index is 12.3. The molecule has 8 nitrogen and oxygen atoms in total. The topological polar surface area (TPSA) is 89.1 Å². The van der Waals surface area contributed by atoms with Gasteiger partial charge in [-0.1, -0.05) is 11.6 Å². The maximum Gasteiger partial charge on any atom is 0.409 e. The van der Waals surface area contributed by atoms with Crippen LogP contribution in [0.5, 0.6) is 11.5 Å². The molecule has 2 N–H and O–H groups in total. The van der Waals surface area contributed by atoms with Crippen LogP contribution in [0.2, 0.25) is 5.02 Å². The predicted molar refractivity (Wildman–Crippen MR) is 98.3 cm³/mol. The first-order valence-corrected chi connectivity index (χ1v) is 8.77. The van der Waals surface area contributed by atoms with Crippen LogP contribution in [0.4, 0.5) is 15.3 Å². The molecule has 1 aliphatic rings. The van der Waals surface area contributed by atoms with Crippen molar-refractivity contribution in [3.05, 3.63) is 17.2 Å². The minimum Gasteiger partial charge on any atom is -0.495 e. The molecule has 0 radical (unpaired) electrons. The number of ether oxygens (including phenoxy) is 3. The number of anilines is 1. The van der Waals surface area contributed by atoms with E-state index in [1.165, 1.54) is 14.2 Å². The van der Waals surface area contributed by atoms with Crippen molar-refractivity contribution in [2.45, 2.75) is 25.8 Å². The highest BCUT2D eigenvalue weighted by Crippen LogP contribution is 2.35. The van der Waals surface area contributed by atoms with E-state index in [-0.39, 0.29) is 18.2 Å². The monoisotopic (exact) mass is 385 g/mol. The Morgan fingerprint density at radius 2 is 1.85 bits per heavy atom. The summed E-state index contributed by atoms with van der Waals surface area (Å²) >= 11 is 6.10. The van der Waals surface area contributed by atoms with Gasteiger partial charge in [-0.05, 0) is 25.8 Å². The third-order valence-corrected chi connectivity index (χ3v) is 4.37. The number of methoxy groups -OCH3 is 2. The Morgan fingerprint density at radius 3 is 2.42 bits per heavy atom. The number of carbonyl (C=O) groups excluding carboxylic acids is 2. The zero-order valence-electron chi connectivity index (χ0n) is 15.1. The van der Waals surface area contributed by atoms with E-state index in [9.17, 15) is 9.59 Å². The molecule has 0 aliphatic carbocycles. The zero-order valence-corrected chi connectivity index (χ0v) is 15.9. The fourth-order valence-corrected chi connectivity index (χ4v) is 2.96. The van der Waals surface area contributed by atoms with Crippen molar-refractivity contribution in [1.82, 2.24) is 10.2 Å². The van der Waals surface area contributed by atoms with E-state index in [1.807, 2.05) is 0 Å². The normalized spacial score (nSPS) is 14.5. The number of nitrogens with zero attached hydrogens (tertiary/aromatic N) is 1. The molecule has 0 atom stereocenters. The number of hydrogen-bond acceptors (Lipinski definition) is 5. The molecule has 0 saturated carbocycles. The van der Waals surface area contributed by atoms with Gasteiger partial charge in [0.15, 0.2) is 0 Å². The van der Waals surface area contributed by atoms with Crippen LogP contribution in [0.15, 0.2) is 12.1 Å². The van der Waals surface area contributed by atoms with Crippen LogP contribution in [0, 0.1) is 0 Å². The summed E-state index contributed by atoms with van der Waals surface area (Å²) in [7, 11) is 3.00. The number of nitrogens with one attached hydrogen (secondary N) is 2. The molecular weight excluding hydrogens is 362 g/mol. The van der Waals surface area contributed by atoms with E-state index in [0.717, 1.165) is 0 Å². The molecule has 9 heteroatoms. The highest BCUT2D eigenvalue weighted by Gasteiger charge is 2.24. The molecule has 1 aromatic rings. The van der Waals surface area contributed by atoms with E-state index in [1.54, 1.807) is 24.0 Å². The number of urea groups is 1. The Kier molecular flexibility index (Phi) is 7.20. The lowest BCUT2D eigenvalue weighted by Gasteiger charge is -2.31. The number of hydrogen-bond donors (Lipinski definition) is 2. The van der Waals surface area contributed by atoms with Crippen molar-refractivity contribution in [3.63, 3.8) is 0 Å². The van der Waals surface area contributed by atoms with Crippen molar-refractivity contribution in [1.29, 1.82) is 0 Å². The summed E-state index contributed by atoms with van der Waals surface area (Å²) in [4.78, 5) is 25.6. The standard InChI is InChI=1S/C17H24ClN3O5/c1-4-26-17(23)21-7-5-11(6-8-21)19-16(22)20-13-9-12(18)14(24-2)10-15(13)25-3/h9-11H,4-8H2,1-3H3,(H2,19,20,22). The van der Waals surface area contributed by atoms with Crippen LogP contribution in [0.1, 0.15) is 19.8 Å². The molecule has 26 heavy (non-hydrogen) atoms. The average molecular weight is 386 g/mol. The third-order valence-electron chi connectivity index (χ3n) is 4.08. The van der Waals surface area contributed by atoms with Gasteiger partial charge in [-0.25, -0.2) is 9.59 Å². The number of benzene rings is 1. The molecule has 144 valence electrons. The number of piperidine rings is 1. The highest BCUT2D eigenvalue weighted by atomic mass is 35.5. The molecule has 2 rings (SSSR count). The van der Waals surface area contributed by atoms with Gasteiger partial charge in [0.2, 0.25) is 0 Å². The third kappa shape index (κ3) is 5.08. The van der Waals surface area contributed by atoms with Gasteiger partial charge in [0, 0.05) is 25.2 Å². The van der Waals surface area contributed by atoms with Crippen LogP contribution >= 0.6 is 11.6 Å². The average Bonchev–Trinajstić information content (AvgIpc) is 2.62. The maximum atomic E-state index is 12.3. The summed E-state index contributed by atoms with van der Waals surface area (Å²) in [6, 6.07) is 2.79. The number of likely N-dealkylation sites (tertiary alicyclic amines) is 1. The lowest BCUT2D eigenvalue weighted by Crippen LogP contribution is -2.47. The Balaban J connectivity index is 1.90. The molecule has 1 aromatic carbocycles. The predicted octanol–water partition coefficient (Wildman–Crippen LogP) is 3.10. The van der Waals surface area contributed by atoms with Crippen molar-refractivity contribution >= 4 is 29.4 Å². The molecule has 0 aromatic heterocycles. The van der Waals surface area contributed by atoms with E-state index in [2.05, 4.69) is 10.6 Å². The van der Waals surface area contributed by atoms with Gasteiger partial charge in [0.05, 0.1) is 31.5 Å². The molecule has 0 unspecified atom stereocenters. The Labute approximate surface area is 157 Å². The van der Waals surface area contributed by atoms with Crippen molar-refractivity contribution in [2.24, 2.45) is 0 Å². The van der Waals surface area contributed by atoms with Gasteiger partial charge in [-0.15, -0.1) is 0 Å². The second kappa shape index (κ2) is 9.38. The minimum absolute atomic E-state index is 0.0274. The van der Waals surface area contributed by atoms with Gasteiger partial charge in [0.25, 0.3) is 0 Å². The van der Waals surface area contributed by atoms with E-state index in [4.69, 9.17) is 25.8 Å². The lowest BCUT2D eigenvalue weighted by molar-refractivity contribution is 0.0959. The highest BCUT2D eigenvalue weighted by molar-refractivity contribution is 6.32. The second-order valence-electron chi connectivity index (χ2n) is 5.75. The summed E-state index contributed by atoms with van der Waals surface area (Å²) in [5.74, 6) is 0.902. The molecule has 3 amide bonds. The Bertz CT molecular complexity index is 648. The van der Waals surface area contributed by atoms with E-state index >= 15 is 0 Å². The van der Waals surface area contributed by atoms with Crippen molar-refractivity contribution in [2.75, 3.05) is 39.2 Å². The Hall–Kier alpha value is -2.35. The molecular formula is C17H24ClN3O5. The summed E-state index contributed by atoms with van der Waals surface area (Å²) in [6.45, 7) is 3.21. The molecule has 1 aliphatic heterocycles. The van der Waals surface area contributed by atoms with Gasteiger partial charge in [-0.2, -0.15) is 0 Å². The fraction of sp³-hybridized carbons (Fsp3) is 0.529. The largest absolute Gasteiger partial charge is 0.495 e. The van der Waals surface area contributed by atoms with E-state index in [0.29, 0.717) is 54.7 Å². The van der Waals surface area contributed by atoms with Crippen molar-refractivity contribution in [3.8, 4) is 11.5 Å². The molecule has 0 spiro atoms. The first kappa shape index (κ1) is 20.0.